The Kier molecular flexibility index (Phi) is 4.21. The molecule has 0 aromatic heterocycles. The highest BCUT2D eigenvalue weighted by atomic mass is 16.7. The van der Waals surface area contributed by atoms with Gasteiger partial charge in [0, 0.05) is 6.54 Å². The SMILES string of the molecule is CCC(C)(NC(=O)NCc1ccc2c(c1)OCO2)C(=O)O. The van der Waals surface area contributed by atoms with E-state index in [0.717, 1.165) is 5.56 Å². The summed E-state index contributed by atoms with van der Waals surface area (Å²) in [6, 6.07) is 4.83. The predicted molar refractivity (Wildman–Crippen MR) is 74.3 cm³/mol. The number of carbonyl (C=O) groups excluding carboxylic acids is 1. The molecule has 0 aliphatic carbocycles. The van der Waals surface area contributed by atoms with Gasteiger partial charge in [-0.05, 0) is 31.0 Å². The maximum Gasteiger partial charge on any atom is 0.329 e. The molecule has 7 heteroatoms. The van der Waals surface area contributed by atoms with Gasteiger partial charge in [-0.1, -0.05) is 13.0 Å². The second kappa shape index (κ2) is 5.90. The lowest BCUT2D eigenvalue weighted by Gasteiger charge is -2.24. The first kappa shape index (κ1) is 15.0. The minimum Gasteiger partial charge on any atom is -0.480 e. The van der Waals surface area contributed by atoms with E-state index in [-0.39, 0.29) is 13.3 Å². The largest absolute Gasteiger partial charge is 0.480 e. The maximum absolute atomic E-state index is 11.8. The molecule has 2 amide bonds. The minimum atomic E-state index is -1.28. The molecule has 7 nitrogen and oxygen atoms in total. The maximum atomic E-state index is 11.8. The van der Waals surface area contributed by atoms with E-state index >= 15 is 0 Å². The van der Waals surface area contributed by atoms with Crippen molar-refractivity contribution in [1.82, 2.24) is 10.6 Å². The first-order valence-corrected chi connectivity index (χ1v) is 6.62. The molecule has 0 bridgehead atoms. The lowest BCUT2D eigenvalue weighted by atomic mass is 10.00. The molecule has 1 atom stereocenters. The van der Waals surface area contributed by atoms with Crippen LogP contribution in [0.25, 0.3) is 0 Å². The van der Waals surface area contributed by atoms with Crippen LogP contribution in [0.1, 0.15) is 25.8 Å². The summed E-state index contributed by atoms with van der Waals surface area (Å²) in [7, 11) is 0. The van der Waals surface area contributed by atoms with Gasteiger partial charge in [0.2, 0.25) is 6.79 Å². The van der Waals surface area contributed by atoms with Gasteiger partial charge in [-0.15, -0.1) is 0 Å². The molecule has 21 heavy (non-hydrogen) atoms. The standard InChI is InChI=1S/C14H18N2O5/c1-3-14(2,12(17)18)16-13(19)15-7-9-4-5-10-11(6-9)21-8-20-10/h4-6H,3,7-8H2,1-2H3,(H,17,18)(H2,15,16,19). The van der Waals surface area contributed by atoms with Crippen molar-refractivity contribution in [3.05, 3.63) is 23.8 Å². The molecule has 2 rings (SSSR count). The van der Waals surface area contributed by atoms with Crippen molar-refractivity contribution in [3.8, 4) is 11.5 Å². The number of urea groups is 1. The second-order valence-electron chi connectivity index (χ2n) is 4.99. The van der Waals surface area contributed by atoms with Crippen LogP contribution in [0.2, 0.25) is 0 Å². The molecule has 1 heterocycles. The Labute approximate surface area is 122 Å². The average Bonchev–Trinajstić information content (AvgIpc) is 2.92. The lowest BCUT2D eigenvalue weighted by molar-refractivity contribution is -0.143. The van der Waals surface area contributed by atoms with Gasteiger partial charge < -0.3 is 25.2 Å². The zero-order valence-corrected chi connectivity index (χ0v) is 11.9. The van der Waals surface area contributed by atoms with Gasteiger partial charge in [-0.3, -0.25) is 0 Å². The molecule has 1 unspecified atom stereocenters. The summed E-state index contributed by atoms with van der Waals surface area (Å²) in [5.41, 5.74) is -0.443. The molecule has 3 N–H and O–H groups in total. The van der Waals surface area contributed by atoms with Crippen molar-refractivity contribution >= 4 is 12.0 Å². The summed E-state index contributed by atoms with van der Waals surface area (Å²) in [5, 5.41) is 14.2. The number of nitrogens with one attached hydrogen (secondary N) is 2. The molecule has 0 radical (unpaired) electrons. The molecule has 0 saturated heterocycles. The van der Waals surface area contributed by atoms with Crippen LogP contribution in [0, 0.1) is 0 Å². The highest BCUT2D eigenvalue weighted by molar-refractivity contribution is 5.85. The molecule has 114 valence electrons. The third kappa shape index (κ3) is 3.36. The van der Waals surface area contributed by atoms with Gasteiger partial charge in [0.15, 0.2) is 11.5 Å². The molecule has 1 aromatic carbocycles. The molecule has 0 saturated carbocycles. The van der Waals surface area contributed by atoms with E-state index < -0.39 is 17.5 Å². The number of ether oxygens (including phenoxy) is 2. The first-order valence-electron chi connectivity index (χ1n) is 6.62. The number of amides is 2. The van der Waals surface area contributed by atoms with Gasteiger partial charge in [-0.25, -0.2) is 9.59 Å². The van der Waals surface area contributed by atoms with Gasteiger partial charge in [0.05, 0.1) is 0 Å². The zero-order valence-electron chi connectivity index (χ0n) is 11.9. The van der Waals surface area contributed by atoms with Crippen LogP contribution >= 0.6 is 0 Å². The number of carboxylic acid groups (broad SMARTS) is 1. The van der Waals surface area contributed by atoms with Crippen LogP contribution in [0.3, 0.4) is 0 Å². The molecular weight excluding hydrogens is 276 g/mol. The molecule has 1 aromatic rings. The van der Waals surface area contributed by atoms with Crippen molar-refractivity contribution in [1.29, 1.82) is 0 Å². The smallest absolute Gasteiger partial charge is 0.329 e. The summed E-state index contributed by atoms with van der Waals surface area (Å²) in [4.78, 5) is 22.9. The molecule has 1 aliphatic heterocycles. The van der Waals surface area contributed by atoms with E-state index in [4.69, 9.17) is 14.6 Å². The van der Waals surface area contributed by atoms with Crippen LogP contribution in [0.15, 0.2) is 18.2 Å². The van der Waals surface area contributed by atoms with E-state index in [1.54, 1.807) is 19.1 Å². The van der Waals surface area contributed by atoms with Crippen LogP contribution in [0.4, 0.5) is 4.79 Å². The number of hydrogen-bond donors (Lipinski definition) is 3. The summed E-state index contributed by atoms with van der Waals surface area (Å²) < 4.78 is 10.4. The summed E-state index contributed by atoms with van der Waals surface area (Å²) in [6.07, 6.45) is 0.291. The van der Waals surface area contributed by atoms with Crippen LogP contribution in [-0.2, 0) is 11.3 Å². The van der Waals surface area contributed by atoms with E-state index in [0.29, 0.717) is 17.9 Å². The van der Waals surface area contributed by atoms with Crippen LogP contribution < -0.4 is 20.1 Å². The Bertz CT molecular complexity index is 560. The van der Waals surface area contributed by atoms with Gasteiger partial charge >= 0.3 is 12.0 Å². The summed E-state index contributed by atoms with van der Waals surface area (Å²) in [6.45, 7) is 3.63. The topological polar surface area (TPSA) is 96.9 Å². The number of fused-ring (bicyclic) bond motifs is 1. The Morgan fingerprint density at radius 1 is 1.33 bits per heavy atom. The number of benzene rings is 1. The second-order valence-corrected chi connectivity index (χ2v) is 4.99. The fraction of sp³-hybridized carbons (Fsp3) is 0.429. The van der Waals surface area contributed by atoms with Gasteiger partial charge in [-0.2, -0.15) is 0 Å². The number of carbonyl (C=O) groups is 2. The normalized spacial score (nSPS) is 15.1. The van der Waals surface area contributed by atoms with Crippen molar-refractivity contribution in [3.63, 3.8) is 0 Å². The molecule has 0 spiro atoms. The number of aliphatic carboxylic acids is 1. The van der Waals surface area contributed by atoms with Crippen molar-refractivity contribution < 1.29 is 24.2 Å². The fourth-order valence-electron chi connectivity index (χ4n) is 1.82. The van der Waals surface area contributed by atoms with Crippen molar-refractivity contribution in [2.75, 3.05) is 6.79 Å². The van der Waals surface area contributed by atoms with Crippen LogP contribution in [-0.4, -0.2) is 29.4 Å². The molecule has 1 aliphatic rings. The Hall–Kier alpha value is -2.44. The zero-order chi connectivity index (χ0) is 15.5. The Morgan fingerprint density at radius 3 is 2.71 bits per heavy atom. The highest BCUT2D eigenvalue weighted by Gasteiger charge is 2.32. The highest BCUT2D eigenvalue weighted by Crippen LogP contribution is 2.32. The van der Waals surface area contributed by atoms with Crippen LogP contribution in [0.5, 0.6) is 11.5 Å². The predicted octanol–water partition coefficient (Wildman–Crippen LogP) is 1.47. The van der Waals surface area contributed by atoms with E-state index in [2.05, 4.69) is 10.6 Å². The van der Waals surface area contributed by atoms with Gasteiger partial charge in [0.1, 0.15) is 5.54 Å². The van der Waals surface area contributed by atoms with Crippen molar-refractivity contribution in [2.45, 2.75) is 32.4 Å². The number of rotatable bonds is 5. The van der Waals surface area contributed by atoms with E-state index in [9.17, 15) is 9.59 Å². The Morgan fingerprint density at radius 2 is 2.05 bits per heavy atom. The quantitative estimate of drug-likeness (QED) is 0.764. The third-order valence-electron chi connectivity index (χ3n) is 3.46. The summed E-state index contributed by atoms with van der Waals surface area (Å²) >= 11 is 0. The Balaban J connectivity index is 1.91. The molecular formula is C14H18N2O5. The first-order chi connectivity index (χ1) is 9.94. The van der Waals surface area contributed by atoms with Gasteiger partial charge in [0.25, 0.3) is 0 Å². The average molecular weight is 294 g/mol. The minimum absolute atomic E-state index is 0.195. The number of hydrogen-bond acceptors (Lipinski definition) is 4. The molecule has 0 fully saturated rings. The fourth-order valence-corrected chi connectivity index (χ4v) is 1.82. The monoisotopic (exact) mass is 294 g/mol. The lowest BCUT2D eigenvalue weighted by Crippen LogP contribution is -2.54. The van der Waals surface area contributed by atoms with E-state index in [1.165, 1.54) is 6.92 Å². The third-order valence-corrected chi connectivity index (χ3v) is 3.46. The number of carboxylic acids is 1. The van der Waals surface area contributed by atoms with Crippen molar-refractivity contribution in [2.24, 2.45) is 0 Å². The van der Waals surface area contributed by atoms with E-state index in [1.807, 2.05) is 6.07 Å². The summed E-state index contributed by atoms with van der Waals surface area (Å²) in [5.74, 6) is 0.245.